The zero-order valence-corrected chi connectivity index (χ0v) is 37.9. The Balaban J connectivity index is -0.000000216. The van der Waals surface area contributed by atoms with Crippen LogP contribution in [0.1, 0.15) is 102 Å². The van der Waals surface area contributed by atoms with Gasteiger partial charge in [0.1, 0.15) is 23.3 Å². The average Bonchev–Trinajstić information content (AvgIpc) is 2.82. The van der Waals surface area contributed by atoms with Gasteiger partial charge in [0.2, 0.25) is 36.0 Å². The van der Waals surface area contributed by atoms with Crippen molar-refractivity contribution in [2.24, 2.45) is 28.6 Å². The van der Waals surface area contributed by atoms with Crippen LogP contribution in [-0.2, 0) is 53.9 Å². The van der Waals surface area contributed by atoms with Crippen molar-refractivity contribution >= 4 is 72.4 Å². The number of alkyl carbamates (subject to hydrolysis) is 2. The SMILES string of the molecule is CC(C)CC(NC(=O)OC(C)(C)C)C(=O)NS(C)(=O)=O.CC(C)CC(NC(=O)OC(C)(C)C)C(=O)O.CC(C)C[C@H](N)C(=O)NS(C)(=O)=O.CS(N)(=O)=O.Cl. The number of amides is 4. The van der Waals surface area contributed by atoms with Crippen LogP contribution in [0.3, 0.4) is 0 Å². The summed E-state index contributed by atoms with van der Waals surface area (Å²) in [6.45, 7) is 21.6. The number of halogens is 1. The Bertz CT molecular complexity index is 1520. The highest BCUT2D eigenvalue weighted by atomic mass is 35.5. The highest BCUT2D eigenvalue weighted by molar-refractivity contribution is 7.89. The van der Waals surface area contributed by atoms with E-state index in [9.17, 15) is 49.2 Å². The molecule has 0 aliphatic carbocycles. The Labute approximate surface area is 334 Å². The number of rotatable bonds is 13. The number of hydrogen-bond acceptors (Lipinski definition) is 14. The molecule has 2 unspecified atom stereocenters. The van der Waals surface area contributed by atoms with Crippen LogP contribution in [0.4, 0.5) is 9.59 Å². The van der Waals surface area contributed by atoms with E-state index >= 15 is 0 Å². The van der Waals surface area contributed by atoms with Crippen LogP contribution >= 0.6 is 12.4 Å². The normalized spacial score (nSPS) is 13.3. The molecular formula is C31H67ClN6O14S3. The molecule has 0 aliphatic rings. The van der Waals surface area contributed by atoms with Gasteiger partial charge in [-0.1, -0.05) is 41.5 Å². The molecule has 0 spiro atoms. The summed E-state index contributed by atoms with van der Waals surface area (Å²) >= 11 is 0. The second kappa shape index (κ2) is 26.8. The standard InChI is InChI=1S/C12H24N2O5S.C11H21NO4.C7H16N2O3S.CH5NO2S.ClH/c1-8(2)7-9(10(15)14-20(6,17)18)13-11(16)19-12(3,4)5;1-7(2)6-8(9(13)14)12-10(15)16-11(3,4)5;1-5(2)4-6(8)7(10)9-13(3,11)12;1-5(2,3)4;/h8-9H,7H2,1-6H3,(H,13,16)(H,14,15);7-8H,6H2,1-5H3,(H,12,15)(H,13,14);5-6H,4,8H2,1-3H3,(H,9,10);1H3,(H2,2,3,4);1H/t;;6-;;/m..0../s1. The number of nitrogens with two attached hydrogens (primary N) is 2. The monoisotopic (exact) mass is 878 g/mol. The molecule has 0 aromatic rings. The Hall–Kier alpha value is -2.99. The van der Waals surface area contributed by atoms with Gasteiger partial charge in [-0.3, -0.25) is 19.0 Å². The first-order valence-electron chi connectivity index (χ1n) is 16.6. The van der Waals surface area contributed by atoms with Gasteiger partial charge in [0.25, 0.3) is 5.91 Å². The van der Waals surface area contributed by atoms with E-state index in [1.165, 1.54) is 0 Å². The molecule has 0 aliphatic heterocycles. The van der Waals surface area contributed by atoms with Gasteiger partial charge in [-0.2, -0.15) is 0 Å². The molecule has 24 heteroatoms. The molecule has 0 aromatic heterocycles. The van der Waals surface area contributed by atoms with Gasteiger partial charge in [0, 0.05) is 0 Å². The number of aliphatic carboxylic acids is 1. The third kappa shape index (κ3) is 51.0. The van der Waals surface area contributed by atoms with Crippen molar-refractivity contribution in [3.8, 4) is 0 Å². The van der Waals surface area contributed by atoms with E-state index in [1.54, 1.807) is 41.5 Å². The van der Waals surface area contributed by atoms with E-state index in [4.69, 9.17) is 20.3 Å². The second-order valence-electron chi connectivity index (χ2n) is 15.5. The van der Waals surface area contributed by atoms with E-state index in [0.717, 1.165) is 18.8 Å². The van der Waals surface area contributed by atoms with E-state index in [1.807, 2.05) is 51.0 Å². The van der Waals surface area contributed by atoms with Crippen LogP contribution in [0.25, 0.3) is 0 Å². The average molecular weight is 880 g/mol. The summed E-state index contributed by atoms with van der Waals surface area (Å²) in [6.07, 6.45) is 2.45. The number of carboxylic acids is 1. The van der Waals surface area contributed by atoms with Crippen molar-refractivity contribution in [3.05, 3.63) is 0 Å². The number of carboxylic acid groups (broad SMARTS) is 1. The van der Waals surface area contributed by atoms with E-state index < -0.39 is 89.4 Å². The maximum Gasteiger partial charge on any atom is 0.408 e. The molecule has 0 bridgehead atoms. The maximum atomic E-state index is 11.8. The summed E-state index contributed by atoms with van der Waals surface area (Å²) < 4.78 is 76.0. The fourth-order valence-electron chi connectivity index (χ4n) is 3.42. The molecular weight excluding hydrogens is 812 g/mol. The Morgan fingerprint density at radius 1 is 0.600 bits per heavy atom. The first kappa shape index (κ1) is 61.2. The van der Waals surface area contributed by atoms with E-state index in [-0.39, 0.29) is 30.2 Å². The van der Waals surface area contributed by atoms with Crippen LogP contribution < -0.4 is 31.0 Å². The van der Waals surface area contributed by atoms with Crippen molar-refractivity contribution in [2.75, 3.05) is 18.8 Å². The number of hydrogen-bond donors (Lipinski definition) is 7. The molecule has 4 amide bonds. The lowest BCUT2D eigenvalue weighted by molar-refractivity contribution is -0.140. The highest BCUT2D eigenvalue weighted by Crippen LogP contribution is 2.11. The summed E-state index contributed by atoms with van der Waals surface area (Å²) in [5.41, 5.74) is 4.13. The van der Waals surface area contributed by atoms with E-state index in [0.29, 0.717) is 19.3 Å². The summed E-state index contributed by atoms with van der Waals surface area (Å²) in [5.74, 6) is -1.90. The number of primary sulfonamides is 1. The number of carbonyl (C=O) groups is 5. The van der Waals surface area contributed by atoms with Gasteiger partial charge in [0.15, 0.2) is 0 Å². The summed E-state index contributed by atoms with van der Waals surface area (Å²) in [4.78, 5) is 56.8. The van der Waals surface area contributed by atoms with Crippen molar-refractivity contribution in [3.63, 3.8) is 0 Å². The number of carbonyl (C=O) groups excluding carboxylic acids is 4. The van der Waals surface area contributed by atoms with Gasteiger partial charge >= 0.3 is 18.2 Å². The Morgan fingerprint density at radius 3 is 1.13 bits per heavy atom. The minimum Gasteiger partial charge on any atom is -0.480 e. The van der Waals surface area contributed by atoms with Crippen LogP contribution in [0, 0.1) is 17.8 Å². The second-order valence-corrected chi connectivity index (χ2v) is 20.7. The molecule has 0 saturated carbocycles. The van der Waals surface area contributed by atoms with Gasteiger partial charge < -0.3 is 30.9 Å². The first-order valence-corrected chi connectivity index (χ1v) is 22.4. The zero-order chi connectivity index (χ0) is 44.2. The Kier molecular flexibility index (Phi) is 29.8. The third-order valence-corrected chi connectivity index (χ3v) is 6.19. The quantitative estimate of drug-likeness (QED) is 0.139. The molecule has 0 heterocycles. The molecule has 0 fully saturated rings. The van der Waals surface area contributed by atoms with Gasteiger partial charge in [0.05, 0.1) is 24.8 Å². The van der Waals surface area contributed by atoms with Crippen molar-refractivity contribution < 1.29 is 63.8 Å². The molecule has 0 aromatic carbocycles. The Morgan fingerprint density at radius 2 is 0.873 bits per heavy atom. The molecule has 330 valence electrons. The lowest BCUT2D eigenvalue weighted by atomic mass is 10.0. The molecule has 0 radical (unpaired) electrons. The predicted molar refractivity (Wildman–Crippen MR) is 213 cm³/mol. The van der Waals surface area contributed by atoms with E-state index in [2.05, 4.69) is 15.8 Å². The van der Waals surface area contributed by atoms with Crippen LogP contribution in [0.2, 0.25) is 0 Å². The molecule has 20 nitrogen and oxygen atoms in total. The minimum absolute atomic E-state index is 0. The summed E-state index contributed by atoms with van der Waals surface area (Å²) in [5, 5.41) is 18.0. The third-order valence-electron chi connectivity index (χ3n) is 5.04. The molecule has 0 saturated heterocycles. The van der Waals surface area contributed by atoms with Crippen LogP contribution in [-0.4, -0.2) is 108 Å². The van der Waals surface area contributed by atoms with Crippen molar-refractivity contribution in [2.45, 2.75) is 132 Å². The molecule has 55 heavy (non-hydrogen) atoms. The predicted octanol–water partition coefficient (Wildman–Crippen LogP) is 1.77. The van der Waals surface area contributed by atoms with Gasteiger partial charge in [-0.05, 0) is 78.6 Å². The first-order chi connectivity index (χ1) is 23.6. The zero-order valence-electron chi connectivity index (χ0n) is 34.6. The number of ether oxygens (including phenoxy) is 2. The van der Waals surface area contributed by atoms with Crippen LogP contribution in [0.15, 0.2) is 0 Å². The highest BCUT2D eigenvalue weighted by Gasteiger charge is 2.27. The minimum atomic E-state index is -3.67. The lowest BCUT2D eigenvalue weighted by Crippen LogP contribution is -2.49. The lowest BCUT2D eigenvalue weighted by Gasteiger charge is -2.23. The largest absolute Gasteiger partial charge is 0.480 e. The van der Waals surface area contributed by atoms with Gasteiger partial charge in [-0.25, -0.2) is 44.8 Å². The molecule has 9 N–H and O–H groups in total. The summed E-state index contributed by atoms with van der Waals surface area (Å²) in [7, 11) is -10.3. The molecule has 3 atom stereocenters. The fraction of sp³-hybridized carbons (Fsp3) is 0.839. The number of nitrogens with one attached hydrogen (secondary N) is 4. The fourth-order valence-corrected chi connectivity index (χ4v) is 4.45. The van der Waals surface area contributed by atoms with Crippen molar-refractivity contribution in [1.82, 2.24) is 20.1 Å². The van der Waals surface area contributed by atoms with Gasteiger partial charge in [-0.15, -0.1) is 12.4 Å². The maximum absolute atomic E-state index is 11.8. The molecule has 0 rings (SSSR count). The topological polar surface area (TPSA) is 327 Å². The smallest absolute Gasteiger partial charge is 0.408 e. The van der Waals surface area contributed by atoms with Crippen LogP contribution in [0.5, 0.6) is 0 Å². The van der Waals surface area contributed by atoms with Crippen molar-refractivity contribution in [1.29, 1.82) is 0 Å². The number of sulfonamides is 3. The summed E-state index contributed by atoms with van der Waals surface area (Å²) in [6, 6.07) is -2.61.